The van der Waals surface area contributed by atoms with Crippen LogP contribution in [0.25, 0.3) is 0 Å². The van der Waals surface area contributed by atoms with Crippen LogP contribution in [-0.4, -0.2) is 112 Å². The molecule has 0 saturated carbocycles. The quantitative estimate of drug-likeness (QED) is 0.0198. The van der Waals surface area contributed by atoms with Crippen LogP contribution in [0, 0.1) is 0 Å². The summed E-state index contributed by atoms with van der Waals surface area (Å²) in [6, 6.07) is 11.8. The Kier molecular flexibility index (Phi) is 42.9. The van der Waals surface area contributed by atoms with Gasteiger partial charge >= 0.3 is 61.6 Å². The van der Waals surface area contributed by atoms with E-state index in [2.05, 4.69) is 13.8 Å². The van der Waals surface area contributed by atoms with Crippen molar-refractivity contribution < 1.29 is 64.1 Å². The molecule has 2 aromatic rings. The number of ether oxygens (including phenoxy) is 4. The standard InChI is InChI=1S/2C28H46O7S.Ca/c2*1-3-5-6-7-8-9-10-11-12-13-14-15-16-19-23-34-27(29)24-21-17-18-22-25(24)28(30)35-26(20-4-2)36(31,32)33;/h2*17-18,21-22,26H,3-16,19-20,23H2,1-2H3,(H,31,32,33);/q;;+2/p-2. The Bertz CT molecular complexity index is 1850. The molecule has 2 aromatic carbocycles. The van der Waals surface area contributed by atoms with Crippen LogP contribution in [0.2, 0.25) is 0 Å². The van der Waals surface area contributed by atoms with Crippen LogP contribution in [0.1, 0.15) is 275 Å². The van der Waals surface area contributed by atoms with Gasteiger partial charge in [-0.3, -0.25) is 0 Å². The average Bonchev–Trinajstić information content (AvgIpc) is 3.35. The van der Waals surface area contributed by atoms with Gasteiger partial charge in [0.25, 0.3) is 0 Å². The molecule has 0 aliphatic heterocycles. The summed E-state index contributed by atoms with van der Waals surface area (Å²) in [4.78, 5) is 50.0. The summed E-state index contributed by atoms with van der Waals surface area (Å²) in [5, 5.41) is 0. The number of unbranched alkanes of at least 4 members (excludes halogenated alkanes) is 26. The molecule has 0 aliphatic rings. The molecule has 2 unspecified atom stereocenters. The maximum Gasteiger partial charge on any atom is 2.00 e. The Morgan fingerprint density at radius 2 is 0.589 bits per heavy atom. The van der Waals surface area contributed by atoms with Crippen LogP contribution >= 0.6 is 0 Å². The van der Waals surface area contributed by atoms with E-state index >= 15 is 0 Å². The van der Waals surface area contributed by atoms with Crippen molar-refractivity contribution in [2.75, 3.05) is 13.2 Å². The first kappa shape index (κ1) is 70.4. The van der Waals surface area contributed by atoms with E-state index in [1.165, 1.54) is 178 Å². The molecule has 0 aromatic heterocycles. The zero-order valence-corrected chi connectivity index (χ0v) is 48.9. The molecule has 2 rings (SSSR count). The zero-order chi connectivity index (χ0) is 53.3. The maximum atomic E-state index is 12.5. The van der Waals surface area contributed by atoms with Crippen LogP contribution in [0.4, 0.5) is 0 Å². The van der Waals surface area contributed by atoms with E-state index in [4.69, 9.17) is 18.9 Å². The van der Waals surface area contributed by atoms with E-state index < -0.39 is 55.0 Å². The van der Waals surface area contributed by atoms with Crippen LogP contribution < -0.4 is 0 Å². The second kappa shape index (κ2) is 44.5. The molecule has 0 radical (unpaired) electrons. The molecule has 0 aliphatic carbocycles. The Labute approximate surface area is 470 Å². The van der Waals surface area contributed by atoms with Crippen molar-refractivity contribution >= 4 is 81.9 Å². The van der Waals surface area contributed by atoms with E-state index in [1.807, 2.05) is 0 Å². The number of rotatable bonds is 42. The minimum absolute atomic E-state index is 0. The summed E-state index contributed by atoms with van der Waals surface area (Å²) < 4.78 is 88.6. The number of esters is 4. The predicted molar refractivity (Wildman–Crippen MR) is 287 cm³/mol. The van der Waals surface area contributed by atoms with Crippen LogP contribution in [-0.2, 0) is 39.2 Å². The molecule has 14 nitrogen and oxygen atoms in total. The minimum atomic E-state index is -4.81. The Hall–Kier alpha value is -2.60. The van der Waals surface area contributed by atoms with Crippen molar-refractivity contribution in [1.82, 2.24) is 0 Å². The second-order valence-electron chi connectivity index (χ2n) is 18.8. The van der Waals surface area contributed by atoms with Crippen LogP contribution in [0.5, 0.6) is 0 Å². The molecule has 0 heterocycles. The van der Waals surface area contributed by atoms with E-state index in [0.29, 0.717) is 12.8 Å². The summed E-state index contributed by atoms with van der Waals surface area (Å²) in [5.41, 5.74) is -3.82. The van der Waals surface area contributed by atoms with E-state index in [0.717, 1.165) is 38.5 Å². The Morgan fingerprint density at radius 3 is 0.808 bits per heavy atom. The number of carbonyl (C=O) groups is 4. The first-order valence-electron chi connectivity index (χ1n) is 27.5. The van der Waals surface area contributed by atoms with Crippen molar-refractivity contribution in [2.24, 2.45) is 0 Å². The van der Waals surface area contributed by atoms with Crippen LogP contribution in [0.15, 0.2) is 48.5 Å². The van der Waals surface area contributed by atoms with Gasteiger partial charge in [0.15, 0.2) is 10.9 Å². The van der Waals surface area contributed by atoms with Crippen molar-refractivity contribution in [3.05, 3.63) is 70.8 Å². The predicted octanol–water partition coefficient (Wildman–Crippen LogP) is 13.9. The van der Waals surface area contributed by atoms with Crippen molar-refractivity contribution in [3.63, 3.8) is 0 Å². The van der Waals surface area contributed by atoms with Gasteiger partial charge in [-0.2, -0.15) is 0 Å². The van der Waals surface area contributed by atoms with Crippen molar-refractivity contribution in [1.29, 1.82) is 0 Å². The Morgan fingerprint density at radius 1 is 0.370 bits per heavy atom. The summed E-state index contributed by atoms with van der Waals surface area (Å²) in [7, 11) is -9.62. The molecule has 0 spiro atoms. The first-order chi connectivity index (χ1) is 34.6. The molecule has 2 atom stereocenters. The first-order valence-corrected chi connectivity index (χ1v) is 30.4. The van der Waals surface area contributed by atoms with Gasteiger partial charge in [0.05, 0.1) is 35.5 Å². The van der Waals surface area contributed by atoms with Gasteiger partial charge in [-0.15, -0.1) is 0 Å². The molecule has 17 heteroatoms. The molecular formula is C56H90CaO14S2. The van der Waals surface area contributed by atoms with E-state index in [1.54, 1.807) is 26.0 Å². The third-order valence-corrected chi connectivity index (χ3v) is 14.3. The number of benzene rings is 2. The molecule has 412 valence electrons. The third-order valence-electron chi connectivity index (χ3n) is 12.4. The molecule has 73 heavy (non-hydrogen) atoms. The summed E-state index contributed by atoms with van der Waals surface area (Å²) in [6.07, 6.45) is 35.0. The SMILES string of the molecule is CCCCCCCCCCCCCCCCOC(=O)c1ccccc1C(=O)OC(CCC)S(=O)(=O)[O-].CCCCCCCCCCCCCCCCOC(=O)c1ccccc1C(=O)OC(CCC)S(=O)(=O)[O-].[Ca+2]. The molecule has 0 amide bonds. The molecular weight excluding hydrogens is 1000 g/mol. The largest absolute Gasteiger partial charge is 2.00 e. The Balaban J connectivity index is 0.00000140. The number of hydrogen-bond donors (Lipinski definition) is 0. The average molecular weight is 1090 g/mol. The van der Waals surface area contributed by atoms with Gasteiger partial charge in [-0.05, 0) is 49.9 Å². The summed E-state index contributed by atoms with van der Waals surface area (Å²) in [6.45, 7) is 8.33. The smallest absolute Gasteiger partial charge is 0.745 e. The molecule has 0 fully saturated rings. The van der Waals surface area contributed by atoms with Gasteiger partial charge in [-0.1, -0.05) is 232 Å². The van der Waals surface area contributed by atoms with Crippen LogP contribution in [0.3, 0.4) is 0 Å². The monoisotopic (exact) mass is 1090 g/mol. The van der Waals surface area contributed by atoms with Crippen molar-refractivity contribution in [3.8, 4) is 0 Å². The van der Waals surface area contributed by atoms with E-state index in [9.17, 15) is 45.1 Å². The van der Waals surface area contributed by atoms with Gasteiger partial charge < -0.3 is 28.1 Å². The molecule has 0 N–H and O–H groups in total. The van der Waals surface area contributed by atoms with E-state index in [-0.39, 0.29) is 86.0 Å². The van der Waals surface area contributed by atoms with Gasteiger partial charge in [0.1, 0.15) is 20.2 Å². The fourth-order valence-corrected chi connectivity index (χ4v) is 9.58. The minimum Gasteiger partial charge on any atom is -0.745 e. The number of carbonyl (C=O) groups excluding carboxylic acids is 4. The fraction of sp³-hybridized carbons (Fsp3) is 0.714. The van der Waals surface area contributed by atoms with Gasteiger partial charge in [0.2, 0.25) is 0 Å². The van der Waals surface area contributed by atoms with Crippen molar-refractivity contribution in [2.45, 2.75) is 244 Å². The fourth-order valence-electron chi connectivity index (χ4n) is 8.12. The second-order valence-corrected chi connectivity index (χ2v) is 21.8. The maximum absolute atomic E-state index is 12.5. The molecule has 0 bridgehead atoms. The zero-order valence-electron chi connectivity index (χ0n) is 45.1. The topological polar surface area (TPSA) is 220 Å². The van der Waals surface area contributed by atoms with Gasteiger partial charge in [-0.25, -0.2) is 36.0 Å². The molecule has 0 saturated heterocycles. The number of hydrogen-bond acceptors (Lipinski definition) is 14. The normalized spacial score (nSPS) is 12.1. The summed E-state index contributed by atoms with van der Waals surface area (Å²) >= 11 is 0. The summed E-state index contributed by atoms with van der Waals surface area (Å²) in [5.74, 6) is -3.41. The van der Waals surface area contributed by atoms with Gasteiger partial charge in [0, 0.05) is 0 Å². The third kappa shape index (κ3) is 34.6.